The maximum atomic E-state index is 9.80. The number of carbonyl (C=O) groups is 1. The van der Waals surface area contributed by atoms with Crippen LogP contribution in [0.4, 0.5) is 0 Å². The normalized spacial score (nSPS) is 8.12. The summed E-state index contributed by atoms with van der Waals surface area (Å²) in [6, 6.07) is 0. The average molecular weight is 114 g/mol. The van der Waals surface area contributed by atoms with E-state index in [0.717, 1.165) is 6.42 Å². The predicted molar refractivity (Wildman–Crippen MR) is 30.1 cm³/mol. The monoisotopic (exact) mass is 114 g/mol. The van der Waals surface area contributed by atoms with Gasteiger partial charge in [0.05, 0.1) is 6.54 Å². The van der Waals surface area contributed by atoms with Crippen LogP contribution in [0.25, 0.3) is 0 Å². The lowest BCUT2D eigenvalue weighted by atomic mass is 10.2. The molecule has 0 atom stereocenters. The molecule has 0 rings (SSSR count). The summed E-state index contributed by atoms with van der Waals surface area (Å²) in [6.07, 6.45) is 0.986. The molecule has 0 aromatic carbocycles. The van der Waals surface area contributed by atoms with Crippen LogP contribution in [0.15, 0.2) is 12.2 Å². The molecule has 3 heteroatoms. The first kappa shape index (κ1) is 7.04. The molecule has 0 aromatic rings. The fourth-order valence-corrected chi connectivity index (χ4v) is 0.234. The second-order valence-electron chi connectivity index (χ2n) is 1.34. The molecule has 3 nitrogen and oxygen atoms in total. The summed E-state index contributed by atoms with van der Waals surface area (Å²) in [7, 11) is 0. The molecule has 0 aliphatic heterocycles. The molecule has 0 unspecified atom stereocenters. The molecule has 0 aliphatic carbocycles. The fourth-order valence-electron chi connectivity index (χ4n) is 0.234. The SMILES string of the molecule is C=C([CH+]C(=O)O)CN. The molecule has 0 amide bonds. The van der Waals surface area contributed by atoms with Crippen molar-refractivity contribution < 1.29 is 9.90 Å². The van der Waals surface area contributed by atoms with Crippen molar-refractivity contribution in [2.75, 3.05) is 6.54 Å². The summed E-state index contributed by atoms with van der Waals surface area (Å²) in [5, 5.41) is 8.04. The minimum Gasteiger partial charge on any atom is -0.463 e. The molecule has 0 saturated carbocycles. The molecule has 0 heterocycles. The molecule has 0 aromatic heterocycles. The van der Waals surface area contributed by atoms with Crippen molar-refractivity contribution in [3.8, 4) is 0 Å². The van der Waals surface area contributed by atoms with Gasteiger partial charge in [-0.15, -0.1) is 0 Å². The lowest BCUT2D eigenvalue weighted by Gasteiger charge is -1.83. The van der Waals surface area contributed by atoms with E-state index in [0.29, 0.717) is 5.57 Å². The van der Waals surface area contributed by atoms with E-state index in [2.05, 4.69) is 6.58 Å². The molecular weight excluding hydrogens is 106 g/mol. The van der Waals surface area contributed by atoms with Gasteiger partial charge in [-0.1, -0.05) is 0 Å². The van der Waals surface area contributed by atoms with Crippen molar-refractivity contribution >= 4 is 5.97 Å². The number of hydrogen-bond acceptors (Lipinski definition) is 2. The zero-order valence-electron chi connectivity index (χ0n) is 4.42. The largest absolute Gasteiger partial charge is 0.463 e. The third kappa shape index (κ3) is 3.24. The minimum atomic E-state index is -1.000. The van der Waals surface area contributed by atoms with Gasteiger partial charge in [-0.05, 0) is 0 Å². The Hall–Kier alpha value is -0.960. The highest BCUT2D eigenvalue weighted by Gasteiger charge is 2.07. The zero-order chi connectivity index (χ0) is 6.57. The topological polar surface area (TPSA) is 63.3 Å². The van der Waals surface area contributed by atoms with E-state index < -0.39 is 5.97 Å². The molecule has 0 fully saturated rings. The molecule has 0 bridgehead atoms. The van der Waals surface area contributed by atoms with Crippen LogP contribution in [0.3, 0.4) is 0 Å². The van der Waals surface area contributed by atoms with Crippen molar-refractivity contribution in [3.05, 3.63) is 18.6 Å². The summed E-state index contributed by atoms with van der Waals surface area (Å²) in [6.45, 7) is 3.55. The Morgan fingerprint density at radius 3 is 2.50 bits per heavy atom. The van der Waals surface area contributed by atoms with Gasteiger partial charge in [-0.3, -0.25) is 0 Å². The first-order valence-electron chi connectivity index (χ1n) is 2.12. The Morgan fingerprint density at radius 2 is 2.38 bits per heavy atom. The molecule has 44 valence electrons. The van der Waals surface area contributed by atoms with E-state index in [4.69, 9.17) is 10.8 Å². The van der Waals surface area contributed by atoms with Crippen LogP contribution in [-0.4, -0.2) is 17.6 Å². The molecule has 8 heavy (non-hydrogen) atoms. The molecular formula is C5H8NO2+. The second kappa shape index (κ2) is 3.10. The van der Waals surface area contributed by atoms with Gasteiger partial charge in [0.25, 0.3) is 0 Å². The quantitative estimate of drug-likeness (QED) is 0.499. The number of hydrogen-bond donors (Lipinski definition) is 2. The molecule has 0 aliphatic rings. The van der Waals surface area contributed by atoms with Gasteiger partial charge in [-0.2, -0.15) is 0 Å². The maximum absolute atomic E-state index is 9.80. The van der Waals surface area contributed by atoms with Crippen LogP contribution >= 0.6 is 0 Å². The first-order chi connectivity index (χ1) is 3.66. The first-order valence-corrected chi connectivity index (χ1v) is 2.12. The average Bonchev–Trinajstić information content (AvgIpc) is 1.65. The van der Waals surface area contributed by atoms with Crippen molar-refractivity contribution in [2.45, 2.75) is 0 Å². The summed E-state index contributed by atoms with van der Waals surface area (Å²) in [4.78, 5) is 9.80. The number of carboxylic acids is 1. The number of rotatable bonds is 3. The summed E-state index contributed by atoms with van der Waals surface area (Å²) in [5.41, 5.74) is 5.45. The standard InChI is InChI=1S/C5H7NO2/c1-4(3-6)2-5(7)8/h2H,1,3,6H2/p+1. The number of nitrogens with two attached hydrogens (primary N) is 1. The van der Waals surface area contributed by atoms with Gasteiger partial charge in [0.15, 0.2) is 6.42 Å². The molecule has 0 spiro atoms. The van der Waals surface area contributed by atoms with Crippen molar-refractivity contribution in [3.63, 3.8) is 0 Å². The minimum absolute atomic E-state index is 0.201. The summed E-state index contributed by atoms with van der Waals surface area (Å²) < 4.78 is 0. The van der Waals surface area contributed by atoms with Gasteiger partial charge in [0.1, 0.15) is 5.57 Å². The Bertz CT molecular complexity index is 109. The Morgan fingerprint density at radius 1 is 1.88 bits per heavy atom. The van der Waals surface area contributed by atoms with E-state index in [1.54, 1.807) is 0 Å². The summed E-state index contributed by atoms with van der Waals surface area (Å²) >= 11 is 0. The predicted octanol–water partition coefficient (Wildman–Crippen LogP) is -0.210. The zero-order valence-corrected chi connectivity index (χ0v) is 4.42. The van der Waals surface area contributed by atoms with Crippen LogP contribution in [0.2, 0.25) is 0 Å². The third-order valence-corrected chi connectivity index (χ3v) is 0.590. The van der Waals surface area contributed by atoms with Crippen molar-refractivity contribution in [1.29, 1.82) is 0 Å². The number of aliphatic carboxylic acids is 1. The Labute approximate surface area is 47.8 Å². The van der Waals surface area contributed by atoms with Crippen LogP contribution in [0, 0.1) is 6.42 Å². The van der Waals surface area contributed by atoms with E-state index in [-0.39, 0.29) is 6.54 Å². The maximum Gasteiger partial charge on any atom is 0.414 e. The van der Waals surface area contributed by atoms with Gasteiger partial charge >= 0.3 is 5.97 Å². The molecule has 3 N–H and O–H groups in total. The van der Waals surface area contributed by atoms with Gasteiger partial charge < -0.3 is 10.8 Å². The smallest absolute Gasteiger partial charge is 0.414 e. The van der Waals surface area contributed by atoms with Gasteiger partial charge in [0, 0.05) is 6.58 Å². The third-order valence-electron chi connectivity index (χ3n) is 0.590. The highest BCUT2D eigenvalue weighted by Crippen LogP contribution is 1.90. The van der Waals surface area contributed by atoms with Crippen LogP contribution in [0.1, 0.15) is 0 Å². The van der Waals surface area contributed by atoms with Crippen molar-refractivity contribution in [2.24, 2.45) is 5.73 Å². The van der Waals surface area contributed by atoms with Gasteiger partial charge in [0.2, 0.25) is 0 Å². The molecule has 0 saturated heterocycles. The van der Waals surface area contributed by atoms with Crippen LogP contribution in [0.5, 0.6) is 0 Å². The van der Waals surface area contributed by atoms with E-state index >= 15 is 0 Å². The second-order valence-corrected chi connectivity index (χ2v) is 1.34. The van der Waals surface area contributed by atoms with Gasteiger partial charge in [-0.25, -0.2) is 4.79 Å². The highest BCUT2D eigenvalue weighted by molar-refractivity contribution is 5.80. The molecule has 0 radical (unpaired) electrons. The van der Waals surface area contributed by atoms with Crippen molar-refractivity contribution in [1.82, 2.24) is 0 Å². The Kier molecular flexibility index (Phi) is 2.72. The Balaban J connectivity index is 3.40. The van der Waals surface area contributed by atoms with E-state index in [9.17, 15) is 4.79 Å². The lowest BCUT2D eigenvalue weighted by Crippen LogP contribution is -2.07. The summed E-state index contributed by atoms with van der Waals surface area (Å²) in [5.74, 6) is -1.000. The van der Waals surface area contributed by atoms with E-state index in [1.165, 1.54) is 0 Å². The lowest BCUT2D eigenvalue weighted by molar-refractivity contribution is -0.132. The van der Waals surface area contributed by atoms with E-state index in [1.807, 2.05) is 0 Å². The van der Waals surface area contributed by atoms with Crippen LogP contribution < -0.4 is 5.73 Å². The number of carboxylic acid groups (broad SMARTS) is 1. The van der Waals surface area contributed by atoms with Crippen LogP contribution in [-0.2, 0) is 4.79 Å². The fraction of sp³-hybridized carbons (Fsp3) is 0.200. The highest BCUT2D eigenvalue weighted by atomic mass is 16.4.